The fraction of sp³-hybridized carbons (Fsp3) is 0.400. The third kappa shape index (κ3) is 5.15. The van der Waals surface area contributed by atoms with E-state index in [-0.39, 0.29) is 5.84 Å². The molecular formula is C25H33N5. The maximum Gasteiger partial charge on any atom is 0.153 e. The highest BCUT2D eigenvalue weighted by molar-refractivity contribution is 6.00. The molecule has 1 aliphatic rings. The van der Waals surface area contributed by atoms with Gasteiger partial charge in [-0.1, -0.05) is 61.8 Å². The Kier molecular flexibility index (Phi) is 7.77. The number of fused-ring (bicyclic) bond motifs is 1. The van der Waals surface area contributed by atoms with Crippen molar-refractivity contribution in [2.75, 3.05) is 0 Å². The van der Waals surface area contributed by atoms with Crippen LogP contribution in [0, 0.1) is 5.41 Å². The van der Waals surface area contributed by atoms with Crippen molar-refractivity contribution in [3.05, 3.63) is 59.4 Å². The predicted octanol–water partition coefficient (Wildman–Crippen LogP) is 5.96. The molecule has 0 saturated heterocycles. The van der Waals surface area contributed by atoms with Gasteiger partial charge in [-0.3, -0.25) is 5.41 Å². The normalized spacial score (nSPS) is 16.5. The van der Waals surface area contributed by atoms with E-state index in [1.165, 1.54) is 48.9 Å². The summed E-state index contributed by atoms with van der Waals surface area (Å²) in [6.07, 6.45) is 16.2. The Labute approximate surface area is 180 Å². The van der Waals surface area contributed by atoms with Gasteiger partial charge in [-0.2, -0.15) is 0 Å². The summed E-state index contributed by atoms with van der Waals surface area (Å²) < 4.78 is 2.37. The van der Waals surface area contributed by atoms with Crippen molar-refractivity contribution in [3.63, 3.8) is 0 Å². The lowest BCUT2D eigenvalue weighted by Crippen LogP contribution is -2.08. The summed E-state index contributed by atoms with van der Waals surface area (Å²) in [4.78, 5) is 8.66. The van der Waals surface area contributed by atoms with Crippen molar-refractivity contribution in [2.45, 2.75) is 65.3 Å². The van der Waals surface area contributed by atoms with E-state index in [0.717, 1.165) is 42.7 Å². The lowest BCUT2D eigenvalue weighted by atomic mass is 9.97. The van der Waals surface area contributed by atoms with Crippen LogP contribution in [0.1, 0.15) is 70.1 Å². The quantitative estimate of drug-likeness (QED) is 0.461. The van der Waals surface area contributed by atoms with Crippen LogP contribution in [0.3, 0.4) is 0 Å². The van der Waals surface area contributed by atoms with E-state index in [9.17, 15) is 0 Å². The molecule has 3 N–H and O–H groups in total. The second kappa shape index (κ2) is 10.7. The minimum atomic E-state index is 0.165. The van der Waals surface area contributed by atoms with Crippen LogP contribution in [0.5, 0.6) is 0 Å². The van der Waals surface area contributed by atoms with E-state index in [2.05, 4.69) is 35.6 Å². The summed E-state index contributed by atoms with van der Waals surface area (Å²) in [7, 11) is 0. The molecule has 1 aliphatic heterocycles. The number of imidazole rings is 1. The standard InChI is InChI=1S/C25H33N5/c1-3-5-9-19(4-2)16-22-10-7-6-8-15-30-23(22)17-28-25(30)21-13-11-20(12-14-21)24(27)29-18-26/h4,11-14,16-18H,3,5-10,15H2,1-2H3,(H3,26,27,29)/b19-4-,22-16-. The minimum Gasteiger partial charge on any atom is -0.390 e. The summed E-state index contributed by atoms with van der Waals surface area (Å²) >= 11 is 0. The molecule has 0 aliphatic carbocycles. The number of allylic oxidation sites excluding steroid dienone is 4. The highest BCUT2D eigenvalue weighted by atomic mass is 15.1. The topological polar surface area (TPSA) is 80.0 Å². The number of benzene rings is 1. The highest BCUT2D eigenvalue weighted by Crippen LogP contribution is 2.31. The molecule has 0 spiro atoms. The van der Waals surface area contributed by atoms with Crippen molar-refractivity contribution in [1.29, 1.82) is 5.41 Å². The third-order valence-electron chi connectivity index (χ3n) is 5.68. The molecule has 0 radical (unpaired) electrons. The Hall–Kier alpha value is -2.95. The molecule has 158 valence electrons. The van der Waals surface area contributed by atoms with Crippen LogP contribution in [0.2, 0.25) is 0 Å². The number of hydrogen-bond donors (Lipinski definition) is 2. The molecule has 30 heavy (non-hydrogen) atoms. The Morgan fingerprint density at radius 2 is 2.03 bits per heavy atom. The van der Waals surface area contributed by atoms with E-state index in [4.69, 9.17) is 16.1 Å². The second-order valence-corrected chi connectivity index (χ2v) is 7.77. The number of amidine groups is 1. The molecule has 0 fully saturated rings. The zero-order valence-corrected chi connectivity index (χ0v) is 18.2. The SMILES string of the molecule is C/C=C(\C=C1\CCCCCn2c1cnc2-c1ccc(C(=N)/N=C\N)cc1)CCCC. The predicted molar refractivity (Wildman–Crippen MR) is 127 cm³/mol. The first kappa shape index (κ1) is 21.8. The molecule has 2 aromatic rings. The van der Waals surface area contributed by atoms with Crippen molar-refractivity contribution >= 4 is 17.7 Å². The molecule has 0 bridgehead atoms. The van der Waals surface area contributed by atoms with Crippen LogP contribution < -0.4 is 5.73 Å². The van der Waals surface area contributed by atoms with Crippen LogP contribution >= 0.6 is 0 Å². The molecule has 1 aromatic carbocycles. The van der Waals surface area contributed by atoms with Crippen molar-refractivity contribution in [3.8, 4) is 11.4 Å². The molecule has 1 aromatic heterocycles. The third-order valence-corrected chi connectivity index (χ3v) is 5.68. The van der Waals surface area contributed by atoms with Gasteiger partial charge < -0.3 is 10.3 Å². The number of hydrogen-bond acceptors (Lipinski definition) is 2. The number of aliphatic imine (C=N–C) groups is 1. The maximum absolute atomic E-state index is 7.93. The van der Waals surface area contributed by atoms with E-state index in [1.807, 2.05) is 30.5 Å². The van der Waals surface area contributed by atoms with E-state index < -0.39 is 0 Å². The van der Waals surface area contributed by atoms with Gasteiger partial charge in [0.25, 0.3) is 0 Å². The Bertz CT molecular complexity index is 944. The Morgan fingerprint density at radius 3 is 2.73 bits per heavy atom. The van der Waals surface area contributed by atoms with Gasteiger partial charge >= 0.3 is 0 Å². The van der Waals surface area contributed by atoms with Crippen LogP contribution in [-0.4, -0.2) is 21.7 Å². The summed E-state index contributed by atoms with van der Waals surface area (Å²) in [5.74, 6) is 1.16. The van der Waals surface area contributed by atoms with Gasteiger partial charge in [-0.25, -0.2) is 9.98 Å². The van der Waals surface area contributed by atoms with Crippen LogP contribution in [0.25, 0.3) is 17.0 Å². The fourth-order valence-corrected chi connectivity index (χ4v) is 3.96. The molecule has 5 nitrogen and oxygen atoms in total. The van der Waals surface area contributed by atoms with Gasteiger partial charge in [0, 0.05) is 17.7 Å². The smallest absolute Gasteiger partial charge is 0.153 e. The fourth-order valence-electron chi connectivity index (χ4n) is 3.96. The van der Waals surface area contributed by atoms with Gasteiger partial charge in [0.2, 0.25) is 0 Å². The Balaban J connectivity index is 1.96. The minimum absolute atomic E-state index is 0.165. The van der Waals surface area contributed by atoms with Gasteiger partial charge in [0.15, 0.2) is 5.84 Å². The van der Waals surface area contributed by atoms with Crippen LogP contribution in [-0.2, 0) is 6.54 Å². The number of unbranched alkanes of at least 4 members (excludes halogenated alkanes) is 1. The molecule has 5 heteroatoms. The molecule has 3 rings (SSSR count). The zero-order valence-electron chi connectivity index (χ0n) is 18.2. The largest absolute Gasteiger partial charge is 0.390 e. The summed E-state index contributed by atoms with van der Waals surface area (Å²) in [5, 5.41) is 7.93. The van der Waals surface area contributed by atoms with Gasteiger partial charge in [0.05, 0.1) is 18.2 Å². The van der Waals surface area contributed by atoms with Gasteiger partial charge in [-0.15, -0.1) is 0 Å². The first-order chi connectivity index (χ1) is 14.7. The average molecular weight is 404 g/mol. The van der Waals surface area contributed by atoms with Crippen molar-refractivity contribution < 1.29 is 0 Å². The number of nitrogens with zero attached hydrogens (tertiary/aromatic N) is 3. The molecular weight excluding hydrogens is 370 g/mol. The molecule has 0 atom stereocenters. The number of nitrogens with one attached hydrogen (secondary N) is 1. The van der Waals surface area contributed by atoms with Gasteiger partial charge in [0.1, 0.15) is 5.82 Å². The molecule has 0 amide bonds. The average Bonchev–Trinajstić information content (AvgIpc) is 3.16. The van der Waals surface area contributed by atoms with Crippen molar-refractivity contribution in [1.82, 2.24) is 9.55 Å². The number of nitrogens with two attached hydrogens (primary N) is 1. The summed E-state index contributed by atoms with van der Waals surface area (Å²) in [6, 6.07) is 7.86. The molecule has 0 unspecified atom stereocenters. The van der Waals surface area contributed by atoms with Gasteiger partial charge in [-0.05, 0) is 44.6 Å². The first-order valence-electron chi connectivity index (χ1n) is 11.0. The van der Waals surface area contributed by atoms with E-state index >= 15 is 0 Å². The second-order valence-electron chi connectivity index (χ2n) is 7.77. The van der Waals surface area contributed by atoms with Crippen LogP contribution in [0.15, 0.2) is 53.2 Å². The Morgan fingerprint density at radius 1 is 1.23 bits per heavy atom. The van der Waals surface area contributed by atoms with E-state index in [1.54, 1.807) is 0 Å². The lowest BCUT2D eigenvalue weighted by Gasteiger charge is -2.18. The maximum atomic E-state index is 7.93. The van der Waals surface area contributed by atoms with E-state index in [0.29, 0.717) is 0 Å². The van der Waals surface area contributed by atoms with Crippen LogP contribution in [0.4, 0.5) is 0 Å². The highest BCUT2D eigenvalue weighted by Gasteiger charge is 2.17. The number of aromatic nitrogens is 2. The molecule has 2 heterocycles. The van der Waals surface area contributed by atoms with Crippen molar-refractivity contribution in [2.24, 2.45) is 10.7 Å². The molecule has 0 saturated carbocycles. The first-order valence-corrected chi connectivity index (χ1v) is 11.0. The summed E-state index contributed by atoms with van der Waals surface area (Å²) in [5.41, 5.74) is 11.2. The summed E-state index contributed by atoms with van der Waals surface area (Å²) in [6.45, 7) is 5.37. The lowest BCUT2D eigenvalue weighted by molar-refractivity contribution is 0.576. The number of rotatable bonds is 6. The zero-order chi connectivity index (χ0) is 21.3. The monoisotopic (exact) mass is 403 g/mol.